The van der Waals surface area contributed by atoms with Crippen LogP contribution in [0.15, 0.2) is 42.5 Å². The summed E-state index contributed by atoms with van der Waals surface area (Å²) >= 11 is 0. The minimum Gasteiger partial charge on any atom is -0.335 e. The summed E-state index contributed by atoms with van der Waals surface area (Å²) in [6, 6.07) is 10.3. The molecule has 1 aromatic rings. The fourth-order valence-corrected chi connectivity index (χ4v) is 1.93. The molecule has 1 aliphatic heterocycles. The number of hydrogen-bond donors (Lipinski definition) is 0. The summed E-state index contributed by atoms with van der Waals surface area (Å²) < 4.78 is 0. The van der Waals surface area contributed by atoms with Crippen LogP contribution in [0.5, 0.6) is 0 Å². The van der Waals surface area contributed by atoms with Crippen LogP contribution in [0.1, 0.15) is 18.4 Å². The number of hydrogen-bond acceptors (Lipinski definition) is 1. The van der Waals surface area contributed by atoms with Gasteiger partial charge in [0.15, 0.2) is 0 Å². The lowest BCUT2D eigenvalue weighted by Crippen LogP contribution is -2.27. The van der Waals surface area contributed by atoms with E-state index in [-0.39, 0.29) is 5.91 Å². The molecule has 0 N–H and O–H groups in total. The summed E-state index contributed by atoms with van der Waals surface area (Å²) in [4.78, 5) is 13.6. The molecule has 2 rings (SSSR count). The SMILES string of the molecule is O=C(CCCc1ccccc1)N1CC=CC1. The van der Waals surface area contributed by atoms with E-state index in [1.54, 1.807) is 0 Å². The van der Waals surface area contributed by atoms with Gasteiger partial charge in [-0.25, -0.2) is 0 Å². The van der Waals surface area contributed by atoms with E-state index in [1.165, 1.54) is 5.56 Å². The summed E-state index contributed by atoms with van der Waals surface area (Å²) in [5.74, 6) is 0.279. The average molecular weight is 215 g/mol. The predicted molar refractivity (Wildman–Crippen MR) is 65.1 cm³/mol. The first-order valence-electron chi connectivity index (χ1n) is 5.83. The van der Waals surface area contributed by atoms with E-state index in [1.807, 2.05) is 23.1 Å². The highest BCUT2D eigenvalue weighted by Gasteiger charge is 2.12. The third kappa shape index (κ3) is 2.96. The maximum Gasteiger partial charge on any atom is 0.223 e. The topological polar surface area (TPSA) is 20.3 Å². The van der Waals surface area contributed by atoms with Gasteiger partial charge in [0.05, 0.1) is 0 Å². The van der Waals surface area contributed by atoms with Crippen molar-refractivity contribution in [3.05, 3.63) is 48.0 Å². The molecule has 0 unspecified atom stereocenters. The number of rotatable bonds is 4. The molecule has 0 atom stereocenters. The Morgan fingerprint density at radius 3 is 2.50 bits per heavy atom. The van der Waals surface area contributed by atoms with E-state index in [4.69, 9.17) is 0 Å². The van der Waals surface area contributed by atoms with E-state index in [9.17, 15) is 4.79 Å². The van der Waals surface area contributed by atoms with Gasteiger partial charge in [0.1, 0.15) is 0 Å². The Bertz CT molecular complexity index is 362. The van der Waals surface area contributed by atoms with Crippen LogP contribution in [0.25, 0.3) is 0 Å². The van der Waals surface area contributed by atoms with E-state index in [2.05, 4.69) is 24.3 Å². The molecule has 0 saturated carbocycles. The fourth-order valence-electron chi connectivity index (χ4n) is 1.93. The van der Waals surface area contributed by atoms with Crippen LogP contribution in [-0.4, -0.2) is 23.9 Å². The minimum atomic E-state index is 0.279. The maximum absolute atomic E-state index is 11.7. The van der Waals surface area contributed by atoms with Gasteiger partial charge in [0.25, 0.3) is 0 Å². The minimum absolute atomic E-state index is 0.279. The van der Waals surface area contributed by atoms with Gasteiger partial charge in [-0.15, -0.1) is 0 Å². The molecule has 0 fully saturated rings. The van der Waals surface area contributed by atoms with Crippen LogP contribution in [-0.2, 0) is 11.2 Å². The van der Waals surface area contributed by atoms with Crippen LogP contribution in [0.2, 0.25) is 0 Å². The van der Waals surface area contributed by atoms with Gasteiger partial charge in [-0.2, -0.15) is 0 Å². The lowest BCUT2D eigenvalue weighted by atomic mass is 10.1. The highest BCUT2D eigenvalue weighted by molar-refractivity contribution is 5.76. The number of nitrogens with zero attached hydrogens (tertiary/aromatic N) is 1. The normalized spacial score (nSPS) is 14.4. The molecular formula is C14H17NO. The fraction of sp³-hybridized carbons (Fsp3) is 0.357. The second kappa shape index (κ2) is 5.50. The van der Waals surface area contributed by atoms with Crippen molar-refractivity contribution >= 4 is 5.91 Å². The van der Waals surface area contributed by atoms with Crippen LogP contribution >= 0.6 is 0 Å². The first-order valence-corrected chi connectivity index (χ1v) is 5.83. The standard InChI is InChI=1S/C14H17NO/c16-14(15-11-4-5-12-15)10-6-9-13-7-2-1-3-8-13/h1-5,7-8H,6,9-12H2. The quantitative estimate of drug-likeness (QED) is 0.706. The molecule has 16 heavy (non-hydrogen) atoms. The van der Waals surface area contributed by atoms with Gasteiger partial charge in [0, 0.05) is 19.5 Å². The summed E-state index contributed by atoms with van der Waals surface area (Å²) in [6.07, 6.45) is 6.70. The van der Waals surface area contributed by atoms with Crippen LogP contribution in [0.3, 0.4) is 0 Å². The Labute approximate surface area is 96.6 Å². The molecule has 2 heteroatoms. The molecule has 0 aromatic heterocycles. The van der Waals surface area contributed by atoms with Crippen molar-refractivity contribution in [1.29, 1.82) is 0 Å². The number of benzene rings is 1. The second-order valence-electron chi connectivity index (χ2n) is 4.11. The van der Waals surface area contributed by atoms with Gasteiger partial charge < -0.3 is 4.90 Å². The molecule has 1 aromatic carbocycles. The molecule has 0 aliphatic carbocycles. The van der Waals surface area contributed by atoms with E-state index in [0.717, 1.165) is 25.9 Å². The molecular weight excluding hydrogens is 198 g/mol. The highest BCUT2D eigenvalue weighted by Crippen LogP contribution is 2.08. The number of aryl methyl sites for hydroxylation is 1. The summed E-state index contributed by atoms with van der Waals surface area (Å²) in [6.45, 7) is 1.59. The number of carbonyl (C=O) groups is 1. The van der Waals surface area contributed by atoms with E-state index >= 15 is 0 Å². The van der Waals surface area contributed by atoms with Crippen molar-refractivity contribution in [1.82, 2.24) is 4.90 Å². The van der Waals surface area contributed by atoms with Crippen LogP contribution < -0.4 is 0 Å². The highest BCUT2D eigenvalue weighted by atomic mass is 16.2. The lowest BCUT2D eigenvalue weighted by Gasteiger charge is -2.14. The molecule has 1 aliphatic rings. The zero-order valence-corrected chi connectivity index (χ0v) is 9.43. The van der Waals surface area contributed by atoms with Crippen molar-refractivity contribution in [2.45, 2.75) is 19.3 Å². The predicted octanol–water partition coefficient (Wildman–Crippen LogP) is 2.41. The maximum atomic E-state index is 11.7. The summed E-state index contributed by atoms with van der Waals surface area (Å²) in [5, 5.41) is 0. The molecule has 84 valence electrons. The zero-order valence-electron chi connectivity index (χ0n) is 9.43. The van der Waals surface area contributed by atoms with Crippen molar-refractivity contribution in [3.8, 4) is 0 Å². The van der Waals surface area contributed by atoms with Gasteiger partial charge in [-0.1, -0.05) is 42.5 Å². The third-order valence-corrected chi connectivity index (χ3v) is 2.87. The van der Waals surface area contributed by atoms with E-state index in [0.29, 0.717) is 6.42 Å². The monoisotopic (exact) mass is 215 g/mol. The Balaban J connectivity index is 1.70. The number of carbonyl (C=O) groups excluding carboxylic acids is 1. The smallest absolute Gasteiger partial charge is 0.223 e. The first kappa shape index (κ1) is 10.9. The molecule has 1 amide bonds. The Morgan fingerprint density at radius 1 is 1.12 bits per heavy atom. The molecule has 0 radical (unpaired) electrons. The third-order valence-electron chi connectivity index (χ3n) is 2.87. The van der Waals surface area contributed by atoms with Crippen LogP contribution in [0, 0.1) is 0 Å². The Hall–Kier alpha value is -1.57. The molecule has 0 saturated heterocycles. The van der Waals surface area contributed by atoms with E-state index < -0.39 is 0 Å². The first-order chi connectivity index (χ1) is 7.86. The summed E-state index contributed by atoms with van der Waals surface area (Å²) in [7, 11) is 0. The Kier molecular flexibility index (Phi) is 3.76. The molecule has 0 spiro atoms. The van der Waals surface area contributed by atoms with Crippen LogP contribution in [0.4, 0.5) is 0 Å². The molecule has 2 nitrogen and oxygen atoms in total. The largest absolute Gasteiger partial charge is 0.335 e. The lowest BCUT2D eigenvalue weighted by molar-refractivity contribution is -0.129. The molecule has 1 heterocycles. The van der Waals surface area contributed by atoms with Crippen molar-refractivity contribution < 1.29 is 4.79 Å². The van der Waals surface area contributed by atoms with Gasteiger partial charge in [-0.05, 0) is 18.4 Å². The van der Waals surface area contributed by atoms with Gasteiger partial charge in [-0.3, -0.25) is 4.79 Å². The van der Waals surface area contributed by atoms with Crippen molar-refractivity contribution in [3.63, 3.8) is 0 Å². The number of amides is 1. The van der Waals surface area contributed by atoms with Gasteiger partial charge >= 0.3 is 0 Å². The molecule has 0 bridgehead atoms. The summed E-state index contributed by atoms with van der Waals surface area (Å²) in [5.41, 5.74) is 1.31. The average Bonchev–Trinajstić information content (AvgIpc) is 2.84. The van der Waals surface area contributed by atoms with Crippen molar-refractivity contribution in [2.24, 2.45) is 0 Å². The second-order valence-corrected chi connectivity index (χ2v) is 4.11. The van der Waals surface area contributed by atoms with Gasteiger partial charge in [0.2, 0.25) is 5.91 Å². The Morgan fingerprint density at radius 2 is 1.81 bits per heavy atom. The zero-order chi connectivity index (χ0) is 11.2. The van der Waals surface area contributed by atoms with Crippen molar-refractivity contribution in [2.75, 3.05) is 13.1 Å².